The SMILES string of the molecule is CC(CNC(C)(C)C)N1CCC(N2CCOCC2)C1. The van der Waals surface area contributed by atoms with Gasteiger partial charge in [0.15, 0.2) is 0 Å². The van der Waals surface area contributed by atoms with Gasteiger partial charge in [-0.05, 0) is 34.1 Å². The molecule has 2 aliphatic rings. The Bertz CT molecular complexity index is 271. The van der Waals surface area contributed by atoms with Crippen LogP contribution in [0.4, 0.5) is 0 Å². The average Bonchev–Trinajstić information content (AvgIpc) is 2.86. The molecular formula is C15H31N3O. The van der Waals surface area contributed by atoms with Crippen LogP contribution in [0.2, 0.25) is 0 Å². The Morgan fingerprint density at radius 2 is 1.89 bits per heavy atom. The molecule has 0 spiro atoms. The number of ether oxygens (including phenoxy) is 1. The summed E-state index contributed by atoms with van der Waals surface area (Å²) in [6, 6.07) is 1.38. The molecule has 2 saturated heterocycles. The first-order chi connectivity index (χ1) is 8.96. The third kappa shape index (κ3) is 4.71. The molecule has 0 bridgehead atoms. The van der Waals surface area contributed by atoms with E-state index in [4.69, 9.17) is 4.74 Å². The predicted octanol–water partition coefficient (Wildman–Crippen LogP) is 1.17. The number of hydrogen-bond donors (Lipinski definition) is 1. The van der Waals surface area contributed by atoms with Gasteiger partial charge in [-0.1, -0.05) is 0 Å². The summed E-state index contributed by atoms with van der Waals surface area (Å²) >= 11 is 0. The third-order valence-electron chi connectivity index (χ3n) is 4.31. The van der Waals surface area contributed by atoms with E-state index >= 15 is 0 Å². The summed E-state index contributed by atoms with van der Waals surface area (Å²) in [5.74, 6) is 0. The fourth-order valence-corrected chi connectivity index (χ4v) is 2.99. The zero-order valence-corrected chi connectivity index (χ0v) is 13.1. The first kappa shape index (κ1) is 15.2. The van der Waals surface area contributed by atoms with E-state index in [0.717, 1.165) is 38.9 Å². The molecule has 2 rings (SSSR count). The number of nitrogens with zero attached hydrogens (tertiary/aromatic N) is 2. The smallest absolute Gasteiger partial charge is 0.0594 e. The normalized spacial score (nSPS) is 28.7. The average molecular weight is 269 g/mol. The van der Waals surface area contributed by atoms with Gasteiger partial charge in [-0.15, -0.1) is 0 Å². The highest BCUT2D eigenvalue weighted by Gasteiger charge is 2.30. The highest BCUT2D eigenvalue weighted by molar-refractivity contribution is 4.88. The van der Waals surface area contributed by atoms with Crippen LogP contribution in [0.15, 0.2) is 0 Å². The maximum Gasteiger partial charge on any atom is 0.0594 e. The predicted molar refractivity (Wildman–Crippen MR) is 79.6 cm³/mol. The van der Waals surface area contributed by atoms with Gasteiger partial charge in [0.25, 0.3) is 0 Å². The van der Waals surface area contributed by atoms with E-state index in [1.54, 1.807) is 0 Å². The highest BCUT2D eigenvalue weighted by atomic mass is 16.5. The van der Waals surface area contributed by atoms with E-state index in [-0.39, 0.29) is 5.54 Å². The summed E-state index contributed by atoms with van der Waals surface area (Å²) in [4.78, 5) is 5.26. The van der Waals surface area contributed by atoms with Crippen LogP contribution in [0.3, 0.4) is 0 Å². The zero-order chi connectivity index (χ0) is 13.9. The van der Waals surface area contributed by atoms with E-state index in [1.807, 2.05) is 0 Å². The second-order valence-corrected chi connectivity index (χ2v) is 7.07. The van der Waals surface area contributed by atoms with Gasteiger partial charge in [0.2, 0.25) is 0 Å². The van der Waals surface area contributed by atoms with E-state index in [9.17, 15) is 0 Å². The molecule has 0 saturated carbocycles. The Hall–Kier alpha value is -0.160. The molecule has 2 fully saturated rings. The van der Waals surface area contributed by atoms with Crippen molar-refractivity contribution >= 4 is 0 Å². The Morgan fingerprint density at radius 1 is 1.21 bits per heavy atom. The molecule has 2 aliphatic heterocycles. The standard InChI is InChI=1S/C15H31N3O/c1-13(11-16-15(2,3)4)18-6-5-14(12-18)17-7-9-19-10-8-17/h13-14,16H,5-12H2,1-4H3. The Kier molecular flexibility index (Phi) is 5.23. The Balaban J connectivity index is 1.74. The van der Waals surface area contributed by atoms with Gasteiger partial charge in [0, 0.05) is 50.3 Å². The first-order valence-electron chi connectivity index (χ1n) is 7.76. The second kappa shape index (κ2) is 6.53. The fourth-order valence-electron chi connectivity index (χ4n) is 2.99. The minimum Gasteiger partial charge on any atom is -0.379 e. The number of hydrogen-bond acceptors (Lipinski definition) is 4. The number of rotatable bonds is 4. The summed E-state index contributed by atoms with van der Waals surface area (Å²) in [5.41, 5.74) is 0.220. The maximum atomic E-state index is 5.44. The van der Waals surface area contributed by atoms with E-state index in [1.165, 1.54) is 19.5 Å². The van der Waals surface area contributed by atoms with Gasteiger partial charge in [0.05, 0.1) is 13.2 Å². The summed E-state index contributed by atoms with van der Waals surface area (Å²) in [6.45, 7) is 16.7. The molecule has 4 nitrogen and oxygen atoms in total. The van der Waals surface area contributed by atoms with Crippen molar-refractivity contribution in [1.29, 1.82) is 0 Å². The summed E-state index contributed by atoms with van der Waals surface area (Å²) in [7, 11) is 0. The largest absolute Gasteiger partial charge is 0.379 e. The molecule has 0 radical (unpaired) electrons. The van der Waals surface area contributed by atoms with Gasteiger partial charge in [-0.3, -0.25) is 9.80 Å². The van der Waals surface area contributed by atoms with Crippen LogP contribution >= 0.6 is 0 Å². The maximum absolute atomic E-state index is 5.44. The number of likely N-dealkylation sites (tertiary alicyclic amines) is 1. The molecule has 0 aliphatic carbocycles. The molecular weight excluding hydrogens is 238 g/mol. The summed E-state index contributed by atoms with van der Waals surface area (Å²) in [6.07, 6.45) is 1.32. The molecule has 0 aromatic carbocycles. The van der Waals surface area contributed by atoms with Crippen molar-refractivity contribution in [3.05, 3.63) is 0 Å². The van der Waals surface area contributed by atoms with Gasteiger partial charge < -0.3 is 10.1 Å². The highest BCUT2D eigenvalue weighted by Crippen LogP contribution is 2.19. The molecule has 112 valence electrons. The van der Waals surface area contributed by atoms with Gasteiger partial charge in [0.1, 0.15) is 0 Å². The van der Waals surface area contributed by atoms with Crippen molar-refractivity contribution in [3.63, 3.8) is 0 Å². The number of nitrogens with one attached hydrogen (secondary N) is 1. The third-order valence-corrected chi connectivity index (χ3v) is 4.31. The van der Waals surface area contributed by atoms with Crippen molar-refractivity contribution in [3.8, 4) is 0 Å². The van der Waals surface area contributed by atoms with Crippen LogP contribution in [0.25, 0.3) is 0 Å². The van der Waals surface area contributed by atoms with Gasteiger partial charge in [-0.25, -0.2) is 0 Å². The van der Waals surface area contributed by atoms with Crippen LogP contribution in [0.5, 0.6) is 0 Å². The molecule has 19 heavy (non-hydrogen) atoms. The second-order valence-electron chi connectivity index (χ2n) is 7.07. The van der Waals surface area contributed by atoms with Crippen molar-refractivity contribution in [2.24, 2.45) is 0 Å². The Morgan fingerprint density at radius 3 is 2.53 bits per heavy atom. The van der Waals surface area contributed by atoms with Crippen LogP contribution in [0.1, 0.15) is 34.1 Å². The van der Waals surface area contributed by atoms with Crippen molar-refractivity contribution in [2.75, 3.05) is 45.9 Å². The van der Waals surface area contributed by atoms with Gasteiger partial charge >= 0.3 is 0 Å². The lowest BCUT2D eigenvalue weighted by Crippen LogP contribution is -2.48. The first-order valence-corrected chi connectivity index (χ1v) is 7.76. The molecule has 0 aromatic heterocycles. The lowest BCUT2D eigenvalue weighted by molar-refractivity contribution is 0.0177. The molecule has 1 N–H and O–H groups in total. The molecule has 0 amide bonds. The quantitative estimate of drug-likeness (QED) is 0.829. The van der Waals surface area contributed by atoms with Crippen molar-refractivity contribution in [2.45, 2.75) is 51.7 Å². The van der Waals surface area contributed by atoms with Gasteiger partial charge in [-0.2, -0.15) is 0 Å². The summed E-state index contributed by atoms with van der Waals surface area (Å²) < 4.78 is 5.44. The van der Waals surface area contributed by atoms with E-state index in [0.29, 0.717) is 6.04 Å². The van der Waals surface area contributed by atoms with Crippen LogP contribution in [0, 0.1) is 0 Å². The zero-order valence-electron chi connectivity index (χ0n) is 13.1. The minimum atomic E-state index is 0.220. The Labute approximate surface area is 118 Å². The summed E-state index contributed by atoms with van der Waals surface area (Å²) in [5, 5.41) is 3.62. The molecule has 2 heterocycles. The molecule has 2 unspecified atom stereocenters. The minimum absolute atomic E-state index is 0.220. The number of morpholine rings is 1. The van der Waals surface area contributed by atoms with E-state index < -0.39 is 0 Å². The molecule has 0 aromatic rings. The van der Waals surface area contributed by atoms with E-state index in [2.05, 4.69) is 42.8 Å². The lowest BCUT2D eigenvalue weighted by atomic mass is 10.1. The lowest BCUT2D eigenvalue weighted by Gasteiger charge is -2.33. The fraction of sp³-hybridized carbons (Fsp3) is 1.00. The van der Waals surface area contributed by atoms with Crippen molar-refractivity contribution < 1.29 is 4.74 Å². The van der Waals surface area contributed by atoms with Crippen LogP contribution < -0.4 is 5.32 Å². The monoisotopic (exact) mass is 269 g/mol. The van der Waals surface area contributed by atoms with Crippen LogP contribution in [-0.2, 0) is 4.74 Å². The molecule has 2 atom stereocenters. The topological polar surface area (TPSA) is 27.7 Å². The molecule has 4 heteroatoms. The van der Waals surface area contributed by atoms with Crippen LogP contribution in [-0.4, -0.2) is 73.4 Å². The van der Waals surface area contributed by atoms with Crippen molar-refractivity contribution in [1.82, 2.24) is 15.1 Å².